The number of imidazole rings is 1. The summed E-state index contributed by atoms with van der Waals surface area (Å²) in [5.74, 6) is -2.41. The Morgan fingerprint density at radius 1 is 0.919 bits per heavy atom. The first-order valence-corrected chi connectivity index (χ1v) is 10.9. The first-order chi connectivity index (χ1) is 17.3. The Balaban J connectivity index is 1.72. The summed E-state index contributed by atoms with van der Waals surface area (Å²) < 4.78 is 100. The summed E-state index contributed by atoms with van der Waals surface area (Å²) in [4.78, 5) is 4.35. The summed E-state index contributed by atoms with van der Waals surface area (Å²) >= 11 is 0. The number of fused-ring (bicyclic) bond motifs is 1. The molecule has 2 aromatic heterocycles. The van der Waals surface area contributed by atoms with Crippen molar-refractivity contribution in [1.82, 2.24) is 9.38 Å². The van der Waals surface area contributed by atoms with Crippen LogP contribution >= 0.6 is 0 Å². The molecule has 0 aliphatic carbocycles. The topological polar surface area (TPSA) is 47.8 Å². The lowest BCUT2D eigenvalue weighted by Crippen LogP contribution is -2.17. The molecule has 0 amide bonds. The second-order valence-electron chi connectivity index (χ2n) is 8.26. The molecular formula is C25H20F7N3O2. The summed E-state index contributed by atoms with van der Waals surface area (Å²) in [5.41, 5.74) is 4.02. The van der Waals surface area contributed by atoms with Crippen molar-refractivity contribution in [3.05, 3.63) is 71.8 Å². The fourth-order valence-corrected chi connectivity index (χ4v) is 3.59. The number of hydrogen-bond acceptors (Lipinski definition) is 4. The van der Waals surface area contributed by atoms with Crippen LogP contribution < -0.4 is 14.8 Å². The highest BCUT2D eigenvalue weighted by Crippen LogP contribution is 2.34. The minimum absolute atomic E-state index is 0.0778. The van der Waals surface area contributed by atoms with Crippen molar-refractivity contribution in [2.45, 2.75) is 32.8 Å². The van der Waals surface area contributed by atoms with E-state index < -0.39 is 37.1 Å². The summed E-state index contributed by atoms with van der Waals surface area (Å²) in [5, 5.41) is 2.70. The molecule has 1 N–H and O–H groups in total. The standard InChI is InChI=1S/C25H20F7N3O2/c1-14-3-4-16(9-15(14)2)21-12-34-23-20(33-8-7-24(27,28)29)11-18(13-35(21)23)36-17-5-6-22(19(26)10-17)37-25(30,31)32/h3-6,9-13,33H,7-8H2,1-2H3. The summed E-state index contributed by atoms with van der Waals surface area (Å²) in [6.45, 7) is 3.44. The zero-order chi connectivity index (χ0) is 27.0. The number of benzene rings is 2. The van der Waals surface area contributed by atoms with Crippen LogP contribution in [0.2, 0.25) is 0 Å². The quantitative estimate of drug-likeness (QED) is 0.249. The van der Waals surface area contributed by atoms with E-state index in [1.807, 2.05) is 32.0 Å². The predicted molar refractivity (Wildman–Crippen MR) is 122 cm³/mol. The number of pyridine rings is 1. The molecule has 196 valence electrons. The van der Waals surface area contributed by atoms with Gasteiger partial charge in [-0.15, -0.1) is 13.2 Å². The van der Waals surface area contributed by atoms with Crippen molar-refractivity contribution in [3.63, 3.8) is 0 Å². The van der Waals surface area contributed by atoms with Gasteiger partial charge in [-0.3, -0.25) is 4.40 Å². The number of aryl methyl sites for hydroxylation is 2. The van der Waals surface area contributed by atoms with E-state index in [2.05, 4.69) is 15.0 Å². The largest absolute Gasteiger partial charge is 0.573 e. The van der Waals surface area contributed by atoms with Crippen molar-refractivity contribution in [1.29, 1.82) is 0 Å². The van der Waals surface area contributed by atoms with Gasteiger partial charge in [0.05, 0.1) is 30.2 Å². The van der Waals surface area contributed by atoms with Gasteiger partial charge in [-0.1, -0.05) is 12.1 Å². The zero-order valence-electron chi connectivity index (χ0n) is 19.5. The number of halogens is 7. The molecule has 12 heteroatoms. The Morgan fingerprint density at radius 2 is 1.68 bits per heavy atom. The molecule has 0 saturated carbocycles. The third kappa shape index (κ3) is 6.43. The third-order valence-corrected chi connectivity index (χ3v) is 5.47. The van der Waals surface area contributed by atoms with Gasteiger partial charge in [-0.25, -0.2) is 9.37 Å². The maximum atomic E-state index is 14.2. The van der Waals surface area contributed by atoms with E-state index in [0.29, 0.717) is 17.4 Å². The van der Waals surface area contributed by atoms with Crippen LogP contribution in [0.1, 0.15) is 17.5 Å². The molecule has 0 fully saturated rings. The van der Waals surface area contributed by atoms with Gasteiger partial charge in [0.2, 0.25) is 0 Å². The van der Waals surface area contributed by atoms with Gasteiger partial charge in [0.25, 0.3) is 0 Å². The number of alkyl halides is 6. The summed E-state index contributed by atoms with van der Waals surface area (Å²) in [7, 11) is 0. The van der Waals surface area contributed by atoms with Crippen LogP contribution in [-0.2, 0) is 0 Å². The lowest BCUT2D eigenvalue weighted by atomic mass is 10.0. The van der Waals surface area contributed by atoms with Crippen LogP contribution in [0.25, 0.3) is 16.9 Å². The molecule has 0 spiro atoms. The number of aromatic nitrogens is 2. The summed E-state index contributed by atoms with van der Waals surface area (Å²) in [6, 6.07) is 9.63. The van der Waals surface area contributed by atoms with E-state index in [9.17, 15) is 30.7 Å². The third-order valence-electron chi connectivity index (χ3n) is 5.47. The maximum absolute atomic E-state index is 14.2. The first kappa shape index (κ1) is 26.1. The fourth-order valence-electron chi connectivity index (χ4n) is 3.59. The highest BCUT2D eigenvalue weighted by Gasteiger charge is 2.32. The molecule has 0 atom stereocenters. The SMILES string of the molecule is Cc1ccc(-c2cnc3c(NCCC(F)(F)F)cc(Oc4ccc(OC(F)(F)F)c(F)c4)cn23)cc1C. The number of rotatable bonds is 7. The van der Waals surface area contributed by atoms with Gasteiger partial charge >= 0.3 is 12.5 Å². The van der Waals surface area contributed by atoms with E-state index in [-0.39, 0.29) is 17.2 Å². The summed E-state index contributed by atoms with van der Waals surface area (Å²) in [6.07, 6.45) is -7.49. The van der Waals surface area contributed by atoms with Crippen molar-refractivity contribution >= 4 is 11.3 Å². The van der Waals surface area contributed by atoms with Crippen LogP contribution in [0.15, 0.2) is 54.9 Å². The smallest absolute Gasteiger partial charge is 0.456 e. The second kappa shape index (κ2) is 9.83. The van der Waals surface area contributed by atoms with Crippen molar-refractivity contribution in [2.75, 3.05) is 11.9 Å². The lowest BCUT2D eigenvalue weighted by molar-refractivity contribution is -0.275. The van der Waals surface area contributed by atoms with Gasteiger partial charge in [-0.2, -0.15) is 13.2 Å². The Labute approximate surface area is 206 Å². The van der Waals surface area contributed by atoms with Gasteiger partial charge in [0.15, 0.2) is 17.2 Å². The van der Waals surface area contributed by atoms with Crippen molar-refractivity contribution < 1.29 is 40.2 Å². The minimum atomic E-state index is -5.07. The number of ether oxygens (including phenoxy) is 2. The van der Waals surface area contributed by atoms with Gasteiger partial charge in [-0.05, 0) is 43.2 Å². The van der Waals surface area contributed by atoms with E-state index in [0.717, 1.165) is 28.8 Å². The molecule has 0 saturated heterocycles. The van der Waals surface area contributed by atoms with Crippen LogP contribution in [-0.4, -0.2) is 28.5 Å². The van der Waals surface area contributed by atoms with Crippen LogP contribution in [0.3, 0.4) is 0 Å². The minimum Gasteiger partial charge on any atom is -0.456 e. The molecule has 0 aliphatic rings. The van der Waals surface area contributed by atoms with Crippen molar-refractivity contribution in [3.8, 4) is 28.5 Å². The van der Waals surface area contributed by atoms with E-state index in [1.54, 1.807) is 10.6 Å². The molecule has 37 heavy (non-hydrogen) atoms. The molecule has 0 unspecified atom stereocenters. The average Bonchev–Trinajstić information content (AvgIpc) is 3.20. The fraction of sp³-hybridized carbons (Fsp3) is 0.240. The zero-order valence-corrected chi connectivity index (χ0v) is 19.5. The molecule has 2 heterocycles. The van der Waals surface area contributed by atoms with E-state index >= 15 is 0 Å². The van der Waals surface area contributed by atoms with E-state index in [4.69, 9.17) is 4.74 Å². The van der Waals surface area contributed by atoms with Crippen LogP contribution in [0, 0.1) is 19.7 Å². The van der Waals surface area contributed by atoms with Gasteiger partial charge < -0.3 is 14.8 Å². The molecular weight excluding hydrogens is 507 g/mol. The maximum Gasteiger partial charge on any atom is 0.573 e. The molecule has 0 radical (unpaired) electrons. The van der Waals surface area contributed by atoms with Gasteiger partial charge in [0.1, 0.15) is 11.5 Å². The number of anilines is 1. The molecule has 2 aromatic carbocycles. The predicted octanol–water partition coefficient (Wildman–Crippen LogP) is 7.81. The number of hydrogen-bond donors (Lipinski definition) is 1. The molecule has 4 rings (SSSR count). The normalized spacial score (nSPS) is 12.1. The monoisotopic (exact) mass is 527 g/mol. The highest BCUT2D eigenvalue weighted by atomic mass is 19.4. The Hall–Kier alpha value is -3.96. The highest BCUT2D eigenvalue weighted by molar-refractivity contribution is 5.75. The molecule has 0 bridgehead atoms. The average molecular weight is 527 g/mol. The van der Waals surface area contributed by atoms with Crippen LogP contribution in [0.4, 0.5) is 36.4 Å². The second-order valence-corrected chi connectivity index (χ2v) is 8.26. The van der Waals surface area contributed by atoms with Crippen molar-refractivity contribution in [2.24, 2.45) is 0 Å². The number of nitrogens with zero attached hydrogens (tertiary/aromatic N) is 2. The Kier molecular flexibility index (Phi) is 6.94. The molecule has 4 aromatic rings. The van der Waals surface area contributed by atoms with E-state index in [1.165, 1.54) is 12.3 Å². The Bertz CT molecular complexity index is 1430. The Morgan fingerprint density at radius 3 is 2.32 bits per heavy atom. The van der Waals surface area contributed by atoms with Crippen LogP contribution in [0.5, 0.6) is 17.2 Å². The molecule has 5 nitrogen and oxygen atoms in total. The lowest BCUT2D eigenvalue weighted by Gasteiger charge is -2.14. The number of nitrogens with one attached hydrogen (secondary N) is 1. The van der Waals surface area contributed by atoms with Gasteiger partial charge in [0, 0.05) is 24.2 Å². The first-order valence-electron chi connectivity index (χ1n) is 10.9. The molecule has 0 aliphatic heterocycles.